The van der Waals surface area contributed by atoms with Gasteiger partial charge in [-0.15, -0.1) is 0 Å². The summed E-state index contributed by atoms with van der Waals surface area (Å²) in [4.78, 5) is 20.3. The topological polar surface area (TPSA) is 58.1 Å². The molecule has 1 N–H and O–H groups in total. The fourth-order valence-corrected chi connectivity index (χ4v) is 2.44. The van der Waals surface area contributed by atoms with E-state index in [0.717, 1.165) is 16.9 Å². The average molecular weight is 307 g/mol. The second-order valence-electron chi connectivity index (χ2n) is 4.76. The summed E-state index contributed by atoms with van der Waals surface area (Å²) in [5, 5.41) is 3.20. The molecule has 2 heterocycles. The molecular weight excluding hydrogens is 295 g/mol. The van der Waals surface area contributed by atoms with Crippen LogP contribution >= 0.6 is 11.6 Å². The second kappa shape index (κ2) is 5.29. The Hall–Kier alpha value is -2.21. The van der Waals surface area contributed by atoms with Gasteiger partial charge in [-0.05, 0) is 30.2 Å². The van der Waals surface area contributed by atoms with Crippen LogP contribution in [0, 0.1) is 6.08 Å². The summed E-state index contributed by atoms with van der Waals surface area (Å²) < 4.78 is 13.1. The van der Waals surface area contributed by atoms with Crippen molar-refractivity contribution in [2.75, 3.05) is 17.3 Å². The van der Waals surface area contributed by atoms with Gasteiger partial charge in [0.15, 0.2) is 5.82 Å². The minimum atomic E-state index is -0.842. The summed E-state index contributed by atoms with van der Waals surface area (Å²) >= 11 is 5.92. The number of aromatic nitrogens is 2. The number of rotatable bonds is 2. The van der Waals surface area contributed by atoms with Crippen molar-refractivity contribution in [1.29, 1.82) is 0 Å². The van der Waals surface area contributed by atoms with Crippen LogP contribution in [0.25, 0.3) is 0 Å². The highest BCUT2D eigenvalue weighted by molar-refractivity contribution is 6.32. The van der Waals surface area contributed by atoms with Crippen LogP contribution in [-0.4, -0.2) is 22.9 Å². The number of fused-ring (bicyclic) bond motifs is 1. The highest BCUT2D eigenvalue weighted by Crippen LogP contribution is 2.31. The molecule has 5 nitrogen and oxygen atoms in total. The fraction of sp³-hybridized carbons (Fsp3) is 0.214. The van der Waals surface area contributed by atoms with Crippen molar-refractivity contribution < 1.29 is 9.18 Å². The molecule has 1 aliphatic heterocycles. The summed E-state index contributed by atoms with van der Waals surface area (Å²) in [6.07, 6.45) is 1.53. The van der Waals surface area contributed by atoms with Crippen LogP contribution in [0.3, 0.4) is 0 Å². The lowest BCUT2D eigenvalue weighted by Crippen LogP contribution is -2.31. The van der Waals surface area contributed by atoms with Crippen molar-refractivity contribution in [2.24, 2.45) is 0 Å². The highest BCUT2D eigenvalue weighted by atomic mass is 35.5. The van der Waals surface area contributed by atoms with E-state index in [1.54, 1.807) is 18.0 Å². The normalized spacial score (nSPS) is 14.0. The van der Waals surface area contributed by atoms with Gasteiger partial charge in [-0.3, -0.25) is 4.79 Å². The maximum absolute atomic E-state index is 13.1. The first-order chi connectivity index (χ1) is 10.0. The number of hydrogen-bond donors (Lipinski definition) is 1. The number of aryl methyl sites for hydroxylation is 1. The number of benzene rings is 1. The van der Waals surface area contributed by atoms with E-state index in [-0.39, 0.29) is 16.7 Å². The van der Waals surface area contributed by atoms with Crippen LogP contribution in [-0.2, 0) is 11.2 Å². The molecule has 0 spiro atoms. The van der Waals surface area contributed by atoms with Crippen molar-refractivity contribution >= 4 is 34.7 Å². The number of nitrogens with zero attached hydrogens (tertiary/aromatic N) is 3. The van der Waals surface area contributed by atoms with E-state index in [0.29, 0.717) is 12.8 Å². The second-order valence-corrected chi connectivity index (χ2v) is 5.16. The quantitative estimate of drug-likeness (QED) is 0.867. The largest absolute Gasteiger partial charge is 0.339 e. The van der Waals surface area contributed by atoms with E-state index in [9.17, 15) is 9.18 Å². The molecular formula is C14H12ClFN4O. The molecule has 1 amide bonds. The van der Waals surface area contributed by atoms with E-state index >= 15 is 0 Å². The van der Waals surface area contributed by atoms with E-state index in [4.69, 9.17) is 11.6 Å². The molecule has 3 rings (SSSR count). The van der Waals surface area contributed by atoms with E-state index in [1.165, 1.54) is 6.20 Å². The third-order valence-electron chi connectivity index (χ3n) is 3.40. The Morgan fingerprint density at radius 2 is 2.19 bits per heavy atom. The van der Waals surface area contributed by atoms with Crippen molar-refractivity contribution in [3.05, 3.63) is 41.1 Å². The van der Waals surface area contributed by atoms with E-state index < -0.39 is 6.08 Å². The first-order valence-electron chi connectivity index (χ1n) is 6.39. The Bertz CT molecular complexity index is 722. The van der Waals surface area contributed by atoms with Gasteiger partial charge >= 0.3 is 6.08 Å². The maximum atomic E-state index is 13.1. The van der Waals surface area contributed by atoms with Gasteiger partial charge in [0.25, 0.3) is 0 Å². The zero-order valence-corrected chi connectivity index (χ0v) is 12.0. The molecule has 1 aromatic carbocycles. The number of halogens is 2. The monoisotopic (exact) mass is 306 g/mol. The third-order valence-corrected chi connectivity index (χ3v) is 3.68. The molecule has 0 fully saturated rings. The standard InChI is InChI=1S/C14H12ClFN4O/c1-20-11-4-3-9(6-8(11)2-5-12(20)21)18-13-10(15)7-17-14(16)19-13/h3-4,6-7H,2,5H2,1H3,(H,17,18,19). The van der Waals surface area contributed by atoms with E-state index in [1.807, 2.05) is 12.1 Å². The Morgan fingerprint density at radius 1 is 1.38 bits per heavy atom. The molecule has 0 unspecified atom stereocenters. The summed E-state index contributed by atoms with van der Waals surface area (Å²) in [6.45, 7) is 0. The predicted octanol–water partition coefficient (Wildman–Crippen LogP) is 2.92. The van der Waals surface area contributed by atoms with Crippen molar-refractivity contribution in [1.82, 2.24) is 9.97 Å². The van der Waals surface area contributed by atoms with Crippen LogP contribution in [0.2, 0.25) is 5.02 Å². The van der Waals surface area contributed by atoms with Crippen molar-refractivity contribution in [3.8, 4) is 0 Å². The van der Waals surface area contributed by atoms with Gasteiger partial charge in [0.1, 0.15) is 5.02 Å². The number of hydrogen-bond acceptors (Lipinski definition) is 4. The maximum Gasteiger partial charge on any atom is 0.310 e. The number of carbonyl (C=O) groups is 1. The first-order valence-corrected chi connectivity index (χ1v) is 6.77. The van der Waals surface area contributed by atoms with Gasteiger partial charge in [-0.25, -0.2) is 4.98 Å². The van der Waals surface area contributed by atoms with Crippen LogP contribution < -0.4 is 10.2 Å². The minimum Gasteiger partial charge on any atom is -0.339 e. The summed E-state index contributed by atoms with van der Waals surface area (Å²) in [5.74, 6) is 0.313. The van der Waals surface area contributed by atoms with Crippen LogP contribution in [0.15, 0.2) is 24.4 Å². The van der Waals surface area contributed by atoms with Crippen LogP contribution in [0.4, 0.5) is 21.6 Å². The first kappa shape index (κ1) is 13.8. The molecule has 0 saturated carbocycles. The third kappa shape index (κ3) is 2.67. The zero-order valence-electron chi connectivity index (χ0n) is 11.2. The van der Waals surface area contributed by atoms with Gasteiger partial charge in [-0.2, -0.15) is 9.37 Å². The molecule has 7 heteroatoms. The summed E-state index contributed by atoms with van der Waals surface area (Å²) in [5.41, 5.74) is 2.67. The Kier molecular flexibility index (Phi) is 3.47. The number of amides is 1. The van der Waals surface area contributed by atoms with Crippen LogP contribution in [0.5, 0.6) is 0 Å². The molecule has 1 aromatic heterocycles. The minimum absolute atomic E-state index is 0.101. The van der Waals surface area contributed by atoms with Gasteiger partial charge in [0.05, 0.1) is 6.20 Å². The molecule has 21 heavy (non-hydrogen) atoms. The molecule has 0 aliphatic carbocycles. The van der Waals surface area contributed by atoms with Gasteiger partial charge < -0.3 is 10.2 Å². The Morgan fingerprint density at radius 3 is 3.00 bits per heavy atom. The Balaban J connectivity index is 1.91. The fourth-order valence-electron chi connectivity index (χ4n) is 2.30. The van der Waals surface area contributed by atoms with Crippen LogP contribution in [0.1, 0.15) is 12.0 Å². The lowest BCUT2D eigenvalue weighted by Gasteiger charge is -2.26. The molecule has 1 aliphatic rings. The van der Waals surface area contributed by atoms with Gasteiger partial charge in [0.2, 0.25) is 5.91 Å². The number of nitrogens with one attached hydrogen (secondary N) is 1. The van der Waals surface area contributed by atoms with Crippen molar-refractivity contribution in [2.45, 2.75) is 12.8 Å². The molecule has 2 aromatic rings. The highest BCUT2D eigenvalue weighted by Gasteiger charge is 2.20. The lowest BCUT2D eigenvalue weighted by atomic mass is 10.0. The Labute approximate surface area is 125 Å². The smallest absolute Gasteiger partial charge is 0.310 e. The molecule has 0 saturated heterocycles. The number of anilines is 3. The predicted molar refractivity (Wildman–Crippen MR) is 78.5 cm³/mol. The molecule has 108 valence electrons. The summed E-state index contributed by atoms with van der Waals surface area (Å²) in [6, 6.07) is 5.55. The van der Waals surface area contributed by atoms with E-state index in [2.05, 4.69) is 15.3 Å². The lowest BCUT2D eigenvalue weighted by molar-refractivity contribution is -0.118. The zero-order chi connectivity index (χ0) is 15.0. The number of carbonyl (C=O) groups excluding carboxylic acids is 1. The SMILES string of the molecule is CN1C(=O)CCc2cc(Nc3nc(F)ncc3Cl)ccc21. The molecule has 0 bridgehead atoms. The van der Waals surface area contributed by atoms with Gasteiger partial charge in [0, 0.05) is 24.8 Å². The average Bonchev–Trinajstić information content (AvgIpc) is 2.47. The van der Waals surface area contributed by atoms with Gasteiger partial charge in [-0.1, -0.05) is 11.6 Å². The molecule has 0 radical (unpaired) electrons. The summed E-state index contributed by atoms with van der Waals surface area (Å²) in [7, 11) is 1.75. The van der Waals surface area contributed by atoms with Crippen molar-refractivity contribution in [3.63, 3.8) is 0 Å². The molecule has 0 atom stereocenters.